The molecular weight excluding hydrogens is 972 g/mol. The van der Waals surface area contributed by atoms with Crippen LogP contribution in [0.2, 0.25) is 0 Å². The third kappa shape index (κ3) is 18.7. The highest BCUT2D eigenvalue weighted by atomic mass is 35.5. The van der Waals surface area contributed by atoms with Gasteiger partial charge < -0.3 is 30.5 Å². The fourth-order valence-electron chi connectivity index (χ4n) is 6.32. The maximum atomic E-state index is 13.4. The molecule has 1 heterocycles. The normalized spacial score (nSPS) is 18.2. The van der Waals surface area contributed by atoms with Crippen molar-refractivity contribution in [1.29, 1.82) is 0 Å². The van der Waals surface area contributed by atoms with Crippen LogP contribution >= 0.6 is 12.4 Å². The van der Waals surface area contributed by atoms with Crippen LogP contribution in [0.3, 0.4) is 0 Å². The molecule has 1 aliphatic heterocycles. The maximum Gasteiger partial charge on any atom is 0.198 e. The second kappa shape index (κ2) is 32.8. The number of hydrogen-bond acceptors (Lipinski definition) is 19. The van der Waals surface area contributed by atoms with Crippen LogP contribution in [0.4, 0.5) is 0 Å². The zero-order valence-electron chi connectivity index (χ0n) is 38.1. The number of nitrogens with two attached hydrogens (primary N) is 1. The standard InChI is InChI=1S/C27H29NO8.C26H2.ClH.H3NO9.12H2/c1-11-12(2)35-19(8-17(11)28)36-18-10-27(34,13(3)29)9-16-20(18)26(33)22-21(25(16)32)23(30)14-6-4-5-7-15(14)24(22)31;1-3-5-7-9-11-13-15-17-19-21-23-25-26-24-22-20-18-16-14-12-10-8-6-4-2;;2-6-8-4-1-5-9-10-7-3;;;;;;;;;;;;/h4-7,11-12,17-19,32-34H,8-10,28H2,1-3H3;1-2H;1H;1-3H;12*1H/t11-,12+,17+,18+,19+,27+;;;;;;;;;;;;;;;/m1.............../s1. The van der Waals surface area contributed by atoms with E-state index in [1.54, 1.807) is 12.1 Å². The summed E-state index contributed by atoms with van der Waals surface area (Å²) in [6, 6.07) is 5.93. The van der Waals surface area contributed by atoms with Gasteiger partial charge in [-0.15, -0.1) is 25.3 Å². The minimum absolute atomic E-state index is 0. The maximum absolute atomic E-state index is 13.4. The van der Waals surface area contributed by atoms with Crippen LogP contribution in [0.25, 0.3) is 0 Å². The van der Waals surface area contributed by atoms with Gasteiger partial charge in [0.2, 0.25) is 0 Å². The summed E-state index contributed by atoms with van der Waals surface area (Å²) in [5, 5.41) is 64.3. The van der Waals surface area contributed by atoms with Crippen molar-refractivity contribution in [2.75, 3.05) is 0 Å². The van der Waals surface area contributed by atoms with E-state index in [2.05, 4.69) is 177 Å². The number of rotatable bonds is 10. The van der Waals surface area contributed by atoms with Crippen LogP contribution in [-0.2, 0) is 55.9 Å². The van der Waals surface area contributed by atoms with Gasteiger partial charge in [0.1, 0.15) is 17.1 Å². The third-order valence-electron chi connectivity index (χ3n) is 9.67. The zero-order valence-corrected chi connectivity index (χ0v) is 38.9. The highest BCUT2D eigenvalue weighted by molar-refractivity contribution is 6.30. The largest absolute Gasteiger partial charge is 0.507 e. The van der Waals surface area contributed by atoms with Crippen LogP contribution in [-0.4, -0.2) is 67.2 Å². The molecular formula is C53H59ClN2O17. The molecule has 0 unspecified atom stereocenters. The van der Waals surface area contributed by atoms with Gasteiger partial charge in [0, 0.05) is 112 Å². The average molecular weight is 1030 g/mol. The van der Waals surface area contributed by atoms with Crippen LogP contribution in [0.15, 0.2) is 24.3 Å². The first-order valence-corrected chi connectivity index (χ1v) is 20.0. The summed E-state index contributed by atoms with van der Waals surface area (Å²) in [5.74, 6) is 55.4. The van der Waals surface area contributed by atoms with E-state index in [4.69, 9.17) is 38.6 Å². The van der Waals surface area contributed by atoms with Crippen molar-refractivity contribution < 1.29 is 102 Å². The smallest absolute Gasteiger partial charge is 0.198 e. The SMILES string of the molecule is C#CC#CC#CC#CC#CC#CC#CC#CC#CC#CC#CC#CC#C.CC(=O)[C@]1(O)Cc2c(O)c3c(c(O)c2[C@@H](O[C@H]2C[C@H](N)[C@H](C)[C@H](C)O2)C1)C(=O)c1ccccc1C3=O.Cl.OOOONOOOOO.[HH].[HH].[HH].[HH].[HH].[HH].[HH].[HH].[HH].[HH].[HH].[HH]. The molecule has 6 atom stereocenters. The molecule has 390 valence electrons. The molecule has 73 heavy (non-hydrogen) atoms. The van der Waals surface area contributed by atoms with Crippen LogP contribution in [0, 0.1) is 161 Å². The summed E-state index contributed by atoms with van der Waals surface area (Å²) in [7, 11) is 0. The molecule has 1 fully saturated rings. The molecule has 0 radical (unpaired) electrons. The van der Waals surface area contributed by atoms with Crippen LogP contribution < -0.4 is 11.4 Å². The van der Waals surface area contributed by atoms with Gasteiger partial charge >= 0.3 is 0 Å². The van der Waals surface area contributed by atoms with Crippen molar-refractivity contribution in [1.82, 2.24) is 5.64 Å². The fraction of sp³-hybridized carbons (Fsp3) is 0.226. The molecule has 19 nitrogen and oxygen atoms in total. The lowest BCUT2D eigenvalue weighted by atomic mass is 9.72. The van der Waals surface area contributed by atoms with Crippen molar-refractivity contribution in [3.05, 3.63) is 57.6 Å². The number of ketones is 3. The van der Waals surface area contributed by atoms with Gasteiger partial charge in [-0.1, -0.05) is 41.2 Å². The second-order valence-corrected chi connectivity index (χ2v) is 13.8. The lowest BCUT2D eigenvalue weighted by Crippen LogP contribution is -2.49. The van der Waals surface area contributed by atoms with Gasteiger partial charge in [0.15, 0.2) is 23.6 Å². The second-order valence-electron chi connectivity index (χ2n) is 13.8. The molecule has 0 spiro atoms. The van der Waals surface area contributed by atoms with Gasteiger partial charge in [-0.3, -0.25) is 14.4 Å². The predicted molar refractivity (Wildman–Crippen MR) is 279 cm³/mol. The summed E-state index contributed by atoms with van der Waals surface area (Å²) in [6.45, 7) is 5.05. The predicted octanol–water partition coefficient (Wildman–Crippen LogP) is 5.00. The number of halogens is 1. The molecule has 3 aliphatic rings. The quantitative estimate of drug-likeness (QED) is 0.0463. The average Bonchev–Trinajstić information content (AvgIpc) is 3.36. The Morgan fingerprint density at radius 2 is 1.12 bits per heavy atom. The number of nitrogens with one attached hydrogen (secondary N) is 1. The van der Waals surface area contributed by atoms with E-state index in [-0.39, 0.29) is 93.8 Å². The molecule has 0 amide bonds. The number of fused-ring (bicyclic) bond motifs is 3. The fourth-order valence-corrected chi connectivity index (χ4v) is 6.32. The molecule has 20 heteroatoms. The monoisotopic (exact) mass is 1030 g/mol. The number of hydrogen-bond donors (Lipinski definition) is 7. The van der Waals surface area contributed by atoms with Crippen molar-refractivity contribution in [3.63, 3.8) is 0 Å². The number of phenols is 2. The number of Topliss-reactive ketones (excluding diaryl/α,β-unsaturated/α-hetero) is 1. The van der Waals surface area contributed by atoms with E-state index in [9.17, 15) is 29.7 Å². The number of ether oxygens (including phenoxy) is 2. The first-order valence-electron chi connectivity index (χ1n) is 20.0. The van der Waals surface area contributed by atoms with Crippen molar-refractivity contribution >= 4 is 29.8 Å². The van der Waals surface area contributed by atoms with E-state index in [0.29, 0.717) is 6.42 Å². The van der Waals surface area contributed by atoms with Crippen molar-refractivity contribution in [2.24, 2.45) is 11.7 Å². The van der Waals surface area contributed by atoms with Gasteiger partial charge in [-0.05, 0) is 145 Å². The Kier molecular flexibility index (Phi) is 27.0. The summed E-state index contributed by atoms with van der Waals surface area (Å²) < 4.78 is 12.1. The third-order valence-corrected chi connectivity index (χ3v) is 9.67. The number of aliphatic hydroxyl groups is 1. The van der Waals surface area contributed by atoms with Crippen LogP contribution in [0.1, 0.15) is 99.8 Å². The van der Waals surface area contributed by atoms with Crippen molar-refractivity contribution in [2.45, 2.75) is 70.2 Å². The first-order chi connectivity index (χ1) is 34.8. The Morgan fingerprint density at radius 3 is 1.52 bits per heavy atom. The summed E-state index contributed by atoms with van der Waals surface area (Å²) >= 11 is 0. The highest BCUT2D eigenvalue weighted by Gasteiger charge is 2.49. The van der Waals surface area contributed by atoms with E-state index < -0.39 is 46.8 Å². The Balaban J connectivity index is -0.000000112. The molecule has 0 bridgehead atoms. The number of carbonyl (C=O) groups excluding carboxylic acids is 3. The first kappa shape index (κ1) is 60.2. The van der Waals surface area contributed by atoms with Gasteiger partial charge in [-0.25, -0.2) is 10.5 Å². The zero-order chi connectivity index (χ0) is 52.7. The number of carbonyl (C=O) groups is 3. The summed E-state index contributed by atoms with van der Waals surface area (Å²) in [4.78, 5) is 46.2. The number of phenolic OH excluding ortho intramolecular Hbond substituents is 2. The minimum atomic E-state index is -1.93. The molecule has 2 aromatic carbocycles. The minimum Gasteiger partial charge on any atom is -0.507 e. The number of benzene rings is 2. The van der Waals surface area contributed by atoms with Gasteiger partial charge in [0.25, 0.3) is 0 Å². The van der Waals surface area contributed by atoms with E-state index >= 15 is 0 Å². The molecule has 0 saturated carbocycles. The highest BCUT2D eigenvalue weighted by Crippen LogP contribution is 2.52. The van der Waals surface area contributed by atoms with Crippen LogP contribution in [0.5, 0.6) is 11.5 Å². The van der Waals surface area contributed by atoms with Gasteiger partial charge in [-0.2, -0.15) is 0 Å². The topological polar surface area (TPSA) is 273 Å². The molecule has 2 aromatic rings. The molecule has 5 rings (SSSR count). The molecule has 2 aliphatic carbocycles. The summed E-state index contributed by atoms with van der Waals surface area (Å²) in [5.41, 5.74) is 5.29. The number of aromatic hydroxyl groups is 2. The van der Waals surface area contributed by atoms with E-state index in [0.717, 1.165) is 0 Å². The Hall–Kier alpha value is -8.94. The lowest BCUT2D eigenvalue weighted by molar-refractivity contribution is -0.741. The van der Waals surface area contributed by atoms with E-state index in [1.807, 2.05) is 13.8 Å². The van der Waals surface area contributed by atoms with E-state index in [1.165, 1.54) is 24.7 Å². The molecule has 0 aromatic heterocycles. The molecule has 8 N–H and O–H groups in total. The number of terminal acetylenes is 2. The van der Waals surface area contributed by atoms with Gasteiger partial charge in [0.05, 0.1) is 23.3 Å². The summed E-state index contributed by atoms with van der Waals surface area (Å²) in [6.07, 6.45) is 7.40. The Labute approximate surface area is 442 Å². The lowest BCUT2D eigenvalue weighted by Gasteiger charge is -2.42. The molecule has 1 saturated heterocycles. The van der Waals surface area contributed by atoms with Crippen molar-refractivity contribution in [3.8, 4) is 166 Å². The Morgan fingerprint density at radius 1 is 0.712 bits per heavy atom. The Bertz CT molecular complexity index is 3170.